The average Bonchev–Trinajstić information content (AvgIpc) is 3.46. The standard InChI is InChI=1S/C30H26N4O4/c1-20-26(19-34-29(36)24-9-5-6-10-25(24)30(34)37)31-27(38-20)21-11-13-22(14-12-21)28(35)33-17-15-32(16-18-33)23-7-3-2-4-8-23/h2-14H,15-19H2,1H3. The number of benzene rings is 3. The Bertz CT molecular complexity index is 1480. The van der Waals surface area contributed by atoms with Gasteiger partial charge < -0.3 is 14.2 Å². The fourth-order valence-electron chi connectivity index (χ4n) is 4.98. The molecule has 190 valence electrons. The molecule has 0 spiro atoms. The maximum Gasteiger partial charge on any atom is 0.261 e. The molecule has 8 heteroatoms. The largest absolute Gasteiger partial charge is 0.441 e. The van der Waals surface area contributed by atoms with Gasteiger partial charge in [-0.15, -0.1) is 0 Å². The molecule has 1 aromatic heterocycles. The van der Waals surface area contributed by atoms with Crippen LogP contribution in [0.2, 0.25) is 0 Å². The van der Waals surface area contributed by atoms with Crippen molar-refractivity contribution in [1.29, 1.82) is 0 Å². The third kappa shape index (κ3) is 4.24. The monoisotopic (exact) mass is 506 g/mol. The van der Waals surface area contributed by atoms with Crippen LogP contribution in [-0.4, -0.2) is 58.7 Å². The molecule has 2 aliphatic rings. The second kappa shape index (κ2) is 9.63. The molecule has 2 aliphatic heterocycles. The molecule has 0 atom stereocenters. The van der Waals surface area contributed by atoms with Gasteiger partial charge in [0.25, 0.3) is 17.7 Å². The van der Waals surface area contributed by atoms with E-state index in [2.05, 4.69) is 22.0 Å². The van der Waals surface area contributed by atoms with E-state index in [1.165, 1.54) is 10.6 Å². The first kappa shape index (κ1) is 23.7. The SMILES string of the molecule is Cc1oc(-c2ccc(C(=O)N3CCN(c4ccccc4)CC3)cc2)nc1CN1C(=O)c2ccccc2C1=O. The maximum absolute atomic E-state index is 13.1. The van der Waals surface area contributed by atoms with E-state index in [9.17, 15) is 14.4 Å². The Kier molecular flexibility index (Phi) is 5.99. The lowest BCUT2D eigenvalue weighted by molar-refractivity contribution is 0.0639. The molecule has 38 heavy (non-hydrogen) atoms. The lowest BCUT2D eigenvalue weighted by Crippen LogP contribution is -2.48. The van der Waals surface area contributed by atoms with E-state index in [4.69, 9.17) is 4.42 Å². The number of hydrogen-bond donors (Lipinski definition) is 0. The van der Waals surface area contributed by atoms with Crippen molar-refractivity contribution in [3.05, 3.63) is 107 Å². The number of imide groups is 1. The maximum atomic E-state index is 13.1. The van der Waals surface area contributed by atoms with Gasteiger partial charge in [0.2, 0.25) is 5.89 Å². The average molecular weight is 507 g/mol. The molecule has 1 fully saturated rings. The van der Waals surface area contributed by atoms with Crippen LogP contribution in [0.3, 0.4) is 0 Å². The van der Waals surface area contributed by atoms with Gasteiger partial charge in [-0.25, -0.2) is 4.98 Å². The quantitative estimate of drug-likeness (QED) is 0.373. The highest BCUT2D eigenvalue weighted by Crippen LogP contribution is 2.28. The predicted octanol–water partition coefficient (Wildman–Crippen LogP) is 4.41. The fraction of sp³-hybridized carbons (Fsp3) is 0.200. The Morgan fingerprint density at radius 1 is 0.816 bits per heavy atom. The van der Waals surface area contributed by atoms with Crippen LogP contribution in [0, 0.1) is 6.92 Å². The highest BCUT2D eigenvalue weighted by molar-refractivity contribution is 6.21. The van der Waals surface area contributed by atoms with Crippen molar-refractivity contribution in [3.63, 3.8) is 0 Å². The molecular formula is C30H26N4O4. The van der Waals surface area contributed by atoms with Gasteiger partial charge in [-0.1, -0.05) is 30.3 Å². The van der Waals surface area contributed by atoms with Crippen molar-refractivity contribution >= 4 is 23.4 Å². The summed E-state index contributed by atoms with van der Waals surface area (Å²) in [4.78, 5) is 48.5. The molecule has 0 radical (unpaired) electrons. The molecule has 4 aromatic rings. The van der Waals surface area contributed by atoms with Gasteiger partial charge in [-0.2, -0.15) is 0 Å². The van der Waals surface area contributed by atoms with Gasteiger partial charge in [-0.05, 0) is 55.5 Å². The summed E-state index contributed by atoms with van der Waals surface area (Å²) in [5.41, 5.74) is 3.82. The van der Waals surface area contributed by atoms with Gasteiger partial charge in [0, 0.05) is 43.0 Å². The number of para-hydroxylation sites is 1. The van der Waals surface area contributed by atoms with Crippen molar-refractivity contribution in [2.45, 2.75) is 13.5 Å². The lowest BCUT2D eigenvalue weighted by atomic mass is 10.1. The van der Waals surface area contributed by atoms with Crippen LogP contribution in [0.1, 0.15) is 42.5 Å². The number of amides is 3. The number of aryl methyl sites for hydroxylation is 1. The van der Waals surface area contributed by atoms with Crippen molar-refractivity contribution < 1.29 is 18.8 Å². The first-order valence-corrected chi connectivity index (χ1v) is 12.6. The van der Waals surface area contributed by atoms with Gasteiger partial charge in [0.15, 0.2) is 0 Å². The number of aromatic nitrogens is 1. The first-order valence-electron chi connectivity index (χ1n) is 12.6. The smallest absolute Gasteiger partial charge is 0.261 e. The van der Waals surface area contributed by atoms with Crippen LogP contribution in [-0.2, 0) is 6.54 Å². The van der Waals surface area contributed by atoms with Gasteiger partial charge in [0.1, 0.15) is 11.5 Å². The zero-order valence-corrected chi connectivity index (χ0v) is 21.0. The minimum Gasteiger partial charge on any atom is -0.441 e. The van der Waals surface area contributed by atoms with E-state index in [1.54, 1.807) is 43.3 Å². The van der Waals surface area contributed by atoms with Crippen LogP contribution in [0.4, 0.5) is 5.69 Å². The van der Waals surface area contributed by atoms with Gasteiger partial charge in [0.05, 0.1) is 17.7 Å². The minimum absolute atomic E-state index is 0.000778. The van der Waals surface area contributed by atoms with E-state index < -0.39 is 0 Å². The normalized spacial score (nSPS) is 15.2. The number of rotatable bonds is 5. The Morgan fingerprint density at radius 3 is 2.05 bits per heavy atom. The van der Waals surface area contributed by atoms with E-state index in [0.29, 0.717) is 52.7 Å². The summed E-state index contributed by atoms with van der Waals surface area (Å²) in [5.74, 6) is 0.251. The second-order valence-electron chi connectivity index (χ2n) is 9.46. The van der Waals surface area contributed by atoms with Gasteiger partial charge in [-0.3, -0.25) is 19.3 Å². The number of hydrogen-bond acceptors (Lipinski definition) is 6. The van der Waals surface area contributed by atoms with Crippen LogP contribution in [0.25, 0.3) is 11.5 Å². The minimum atomic E-state index is -0.331. The number of piperazine rings is 1. The molecule has 3 amide bonds. The Hall–Kier alpha value is -4.72. The van der Waals surface area contributed by atoms with E-state index in [-0.39, 0.29) is 24.3 Å². The number of fused-ring (bicyclic) bond motifs is 1. The van der Waals surface area contributed by atoms with Gasteiger partial charge >= 0.3 is 0 Å². The molecule has 0 unspecified atom stereocenters. The molecule has 0 saturated carbocycles. The molecule has 0 N–H and O–H groups in total. The first-order chi connectivity index (χ1) is 18.5. The number of anilines is 1. The highest BCUT2D eigenvalue weighted by Gasteiger charge is 2.36. The molecule has 8 nitrogen and oxygen atoms in total. The number of oxazole rings is 1. The zero-order chi connectivity index (χ0) is 26.2. The topological polar surface area (TPSA) is 87.0 Å². The molecule has 3 aromatic carbocycles. The summed E-state index contributed by atoms with van der Waals surface area (Å²) in [6, 6.07) is 24.2. The van der Waals surface area contributed by atoms with Crippen LogP contribution in [0.15, 0.2) is 83.3 Å². The summed E-state index contributed by atoms with van der Waals surface area (Å²) in [5, 5.41) is 0. The third-order valence-corrected chi connectivity index (χ3v) is 7.15. The fourth-order valence-corrected chi connectivity index (χ4v) is 4.98. The molecular weight excluding hydrogens is 480 g/mol. The third-order valence-electron chi connectivity index (χ3n) is 7.15. The van der Waals surface area contributed by atoms with Crippen LogP contribution in [0.5, 0.6) is 0 Å². The Balaban J connectivity index is 1.12. The zero-order valence-electron chi connectivity index (χ0n) is 21.0. The summed E-state index contributed by atoms with van der Waals surface area (Å²) in [7, 11) is 0. The summed E-state index contributed by atoms with van der Waals surface area (Å²) in [6.45, 7) is 4.70. The van der Waals surface area contributed by atoms with Crippen LogP contribution < -0.4 is 4.90 Å². The molecule has 1 saturated heterocycles. The molecule has 6 rings (SSSR count). The lowest BCUT2D eigenvalue weighted by Gasteiger charge is -2.36. The number of carbonyl (C=O) groups excluding carboxylic acids is 3. The van der Waals surface area contributed by atoms with Crippen molar-refractivity contribution in [2.75, 3.05) is 31.1 Å². The number of nitrogens with zero attached hydrogens (tertiary/aromatic N) is 4. The van der Waals surface area contributed by atoms with Crippen molar-refractivity contribution in [3.8, 4) is 11.5 Å². The van der Waals surface area contributed by atoms with E-state index >= 15 is 0 Å². The second-order valence-corrected chi connectivity index (χ2v) is 9.46. The van der Waals surface area contributed by atoms with Crippen molar-refractivity contribution in [2.24, 2.45) is 0 Å². The highest BCUT2D eigenvalue weighted by atomic mass is 16.4. The molecule has 0 bridgehead atoms. The summed E-state index contributed by atoms with van der Waals surface area (Å²) >= 11 is 0. The Morgan fingerprint density at radius 2 is 1.42 bits per heavy atom. The predicted molar refractivity (Wildman–Crippen MR) is 142 cm³/mol. The van der Waals surface area contributed by atoms with E-state index in [1.807, 2.05) is 35.2 Å². The van der Waals surface area contributed by atoms with E-state index in [0.717, 1.165) is 13.1 Å². The number of carbonyl (C=O) groups is 3. The summed E-state index contributed by atoms with van der Waals surface area (Å²) in [6.07, 6.45) is 0. The van der Waals surface area contributed by atoms with Crippen LogP contribution >= 0.6 is 0 Å². The van der Waals surface area contributed by atoms with Crippen molar-refractivity contribution in [1.82, 2.24) is 14.8 Å². The molecule has 3 heterocycles. The summed E-state index contributed by atoms with van der Waals surface area (Å²) < 4.78 is 5.87. The molecule has 0 aliphatic carbocycles. The Labute approximate surface area is 220 Å².